The van der Waals surface area contributed by atoms with Crippen LogP contribution in [0.25, 0.3) is 44.4 Å². The van der Waals surface area contributed by atoms with E-state index in [0.29, 0.717) is 0 Å². The van der Waals surface area contributed by atoms with Crippen LogP contribution < -0.4 is 0 Å². The van der Waals surface area contributed by atoms with Crippen molar-refractivity contribution in [3.8, 4) is 11.4 Å². The number of pyridine rings is 3. The van der Waals surface area contributed by atoms with Crippen LogP contribution in [0.3, 0.4) is 0 Å². The molecule has 0 unspecified atom stereocenters. The SMILES string of the molecule is c1ccc2nc(-c3nccc4oc5cccnc5c34)ccc2c1. The molecule has 0 spiro atoms. The van der Waals surface area contributed by atoms with Crippen LogP contribution in [0.5, 0.6) is 0 Å². The van der Waals surface area contributed by atoms with E-state index in [1.807, 2.05) is 42.5 Å². The largest absolute Gasteiger partial charge is 0.454 e. The highest BCUT2D eigenvalue weighted by molar-refractivity contribution is 6.09. The van der Waals surface area contributed by atoms with Crippen molar-refractivity contribution in [3.05, 3.63) is 67.0 Å². The molecule has 0 aliphatic heterocycles. The maximum absolute atomic E-state index is 5.87. The Balaban J connectivity index is 1.87. The fourth-order valence-electron chi connectivity index (χ4n) is 2.93. The van der Waals surface area contributed by atoms with Crippen molar-refractivity contribution >= 4 is 33.0 Å². The minimum atomic E-state index is 0.762. The van der Waals surface area contributed by atoms with Crippen LogP contribution in [0.2, 0.25) is 0 Å². The molecular formula is C19H11N3O. The van der Waals surface area contributed by atoms with E-state index in [0.717, 1.165) is 44.4 Å². The average molecular weight is 297 g/mol. The van der Waals surface area contributed by atoms with Gasteiger partial charge in [0.05, 0.1) is 16.6 Å². The van der Waals surface area contributed by atoms with E-state index in [1.165, 1.54) is 0 Å². The van der Waals surface area contributed by atoms with Crippen LogP contribution in [0.4, 0.5) is 0 Å². The quantitative estimate of drug-likeness (QED) is 0.454. The summed E-state index contributed by atoms with van der Waals surface area (Å²) in [4.78, 5) is 13.8. The van der Waals surface area contributed by atoms with Crippen LogP contribution in [0.15, 0.2) is 71.4 Å². The highest BCUT2D eigenvalue weighted by atomic mass is 16.3. The number of fused-ring (bicyclic) bond motifs is 4. The lowest BCUT2D eigenvalue weighted by atomic mass is 10.1. The van der Waals surface area contributed by atoms with Crippen molar-refractivity contribution in [1.29, 1.82) is 0 Å². The van der Waals surface area contributed by atoms with Gasteiger partial charge in [0.25, 0.3) is 0 Å². The Bertz CT molecular complexity index is 1180. The number of para-hydroxylation sites is 1. The lowest BCUT2D eigenvalue weighted by Crippen LogP contribution is -1.89. The molecule has 1 aromatic carbocycles. The summed E-state index contributed by atoms with van der Waals surface area (Å²) in [6.07, 6.45) is 3.51. The van der Waals surface area contributed by atoms with Crippen molar-refractivity contribution in [2.75, 3.05) is 0 Å². The highest BCUT2D eigenvalue weighted by Crippen LogP contribution is 2.33. The Morgan fingerprint density at radius 2 is 1.70 bits per heavy atom. The lowest BCUT2D eigenvalue weighted by Gasteiger charge is -2.03. The van der Waals surface area contributed by atoms with Gasteiger partial charge in [-0.05, 0) is 30.3 Å². The molecule has 108 valence electrons. The summed E-state index contributed by atoms with van der Waals surface area (Å²) in [5, 5.41) is 2.02. The molecule has 0 radical (unpaired) electrons. The molecular weight excluding hydrogens is 286 g/mol. The van der Waals surface area contributed by atoms with Crippen molar-refractivity contribution in [2.45, 2.75) is 0 Å². The molecule has 0 fully saturated rings. The summed E-state index contributed by atoms with van der Waals surface area (Å²) in [7, 11) is 0. The van der Waals surface area contributed by atoms with Gasteiger partial charge in [0.2, 0.25) is 0 Å². The van der Waals surface area contributed by atoms with Gasteiger partial charge in [0.1, 0.15) is 16.8 Å². The number of benzene rings is 1. The Morgan fingerprint density at radius 3 is 2.70 bits per heavy atom. The van der Waals surface area contributed by atoms with Gasteiger partial charge in [-0.25, -0.2) is 4.98 Å². The van der Waals surface area contributed by atoms with Crippen LogP contribution in [0.1, 0.15) is 0 Å². The van der Waals surface area contributed by atoms with Gasteiger partial charge in [-0.2, -0.15) is 0 Å². The van der Waals surface area contributed by atoms with E-state index >= 15 is 0 Å². The van der Waals surface area contributed by atoms with Gasteiger partial charge < -0.3 is 4.42 Å². The summed E-state index contributed by atoms with van der Waals surface area (Å²) in [5.41, 5.74) is 4.93. The molecule has 4 heteroatoms. The van der Waals surface area contributed by atoms with Crippen LogP contribution in [-0.2, 0) is 0 Å². The maximum atomic E-state index is 5.87. The third kappa shape index (κ3) is 1.82. The number of hydrogen-bond donors (Lipinski definition) is 0. The first kappa shape index (κ1) is 12.3. The first-order valence-electron chi connectivity index (χ1n) is 7.38. The summed E-state index contributed by atoms with van der Waals surface area (Å²) in [6.45, 7) is 0. The molecule has 0 atom stereocenters. The molecule has 5 aromatic rings. The molecule has 0 saturated heterocycles. The van der Waals surface area contributed by atoms with E-state index in [1.54, 1.807) is 12.4 Å². The fourth-order valence-corrected chi connectivity index (χ4v) is 2.93. The fraction of sp³-hybridized carbons (Fsp3) is 0. The normalized spacial score (nSPS) is 11.5. The van der Waals surface area contributed by atoms with E-state index in [9.17, 15) is 0 Å². The Kier molecular flexibility index (Phi) is 2.46. The summed E-state index contributed by atoms with van der Waals surface area (Å²) < 4.78 is 5.87. The zero-order chi connectivity index (χ0) is 15.2. The molecule has 0 amide bonds. The van der Waals surface area contributed by atoms with Gasteiger partial charge in [-0.15, -0.1) is 0 Å². The first-order valence-corrected chi connectivity index (χ1v) is 7.38. The van der Waals surface area contributed by atoms with E-state index in [4.69, 9.17) is 9.40 Å². The van der Waals surface area contributed by atoms with Crippen molar-refractivity contribution in [2.24, 2.45) is 0 Å². The van der Waals surface area contributed by atoms with E-state index in [2.05, 4.69) is 22.1 Å². The molecule has 0 N–H and O–H groups in total. The number of hydrogen-bond acceptors (Lipinski definition) is 4. The second-order valence-corrected chi connectivity index (χ2v) is 5.37. The molecule has 0 aliphatic carbocycles. The molecule has 4 heterocycles. The second kappa shape index (κ2) is 4.61. The lowest BCUT2D eigenvalue weighted by molar-refractivity contribution is 0.668. The zero-order valence-corrected chi connectivity index (χ0v) is 12.1. The third-order valence-corrected chi connectivity index (χ3v) is 3.98. The zero-order valence-electron chi connectivity index (χ0n) is 12.1. The number of nitrogens with zero attached hydrogens (tertiary/aromatic N) is 3. The molecule has 23 heavy (non-hydrogen) atoms. The van der Waals surface area contributed by atoms with E-state index in [-0.39, 0.29) is 0 Å². The summed E-state index contributed by atoms with van der Waals surface area (Å²) in [5.74, 6) is 0. The van der Waals surface area contributed by atoms with Gasteiger partial charge >= 0.3 is 0 Å². The third-order valence-electron chi connectivity index (χ3n) is 3.98. The van der Waals surface area contributed by atoms with E-state index < -0.39 is 0 Å². The Hall–Kier alpha value is -3.27. The number of aromatic nitrogens is 3. The molecule has 4 aromatic heterocycles. The minimum Gasteiger partial charge on any atom is -0.454 e. The summed E-state index contributed by atoms with van der Waals surface area (Å²) in [6, 6.07) is 17.8. The Morgan fingerprint density at radius 1 is 0.739 bits per heavy atom. The average Bonchev–Trinajstić information content (AvgIpc) is 3.00. The minimum absolute atomic E-state index is 0.762. The van der Waals surface area contributed by atoms with Crippen LogP contribution >= 0.6 is 0 Å². The van der Waals surface area contributed by atoms with Gasteiger partial charge in [-0.1, -0.05) is 24.3 Å². The van der Waals surface area contributed by atoms with Gasteiger partial charge in [0.15, 0.2) is 5.58 Å². The predicted octanol–water partition coefficient (Wildman–Crippen LogP) is 4.59. The monoisotopic (exact) mass is 297 g/mol. The molecule has 0 aliphatic rings. The second-order valence-electron chi connectivity index (χ2n) is 5.37. The van der Waals surface area contributed by atoms with Crippen molar-refractivity contribution in [3.63, 3.8) is 0 Å². The summed E-state index contributed by atoms with van der Waals surface area (Å²) >= 11 is 0. The smallest absolute Gasteiger partial charge is 0.153 e. The standard InChI is InChI=1S/C19H11N3O/c1-2-5-13-12(4-1)7-8-14(22-13)18-17-15(9-11-21-18)23-16-6-3-10-20-19(16)17/h1-11H. The molecule has 0 bridgehead atoms. The van der Waals surface area contributed by atoms with Crippen molar-refractivity contribution in [1.82, 2.24) is 15.0 Å². The van der Waals surface area contributed by atoms with Crippen LogP contribution in [-0.4, -0.2) is 15.0 Å². The highest BCUT2D eigenvalue weighted by Gasteiger charge is 2.15. The first-order chi connectivity index (χ1) is 11.4. The number of rotatable bonds is 1. The van der Waals surface area contributed by atoms with Crippen LogP contribution in [0, 0.1) is 0 Å². The van der Waals surface area contributed by atoms with Crippen molar-refractivity contribution < 1.29 is 4.42 Å². The molecule has 4 nitrogen and oxygen atoms in total. The maximum Gasteiger partial charge on any atom is 0.153 e. The molecule has 0 saturated carbocycles. The number of furan rings is 1. The topological polar surface area (TPSA) is 51.8 Å². The predicted molar refractivity (Wildman–Crippen MR) is 90.0 cm³/mol. The molecule has 5 rings (SSSR count). The van der Waals surface area contributed by atoms with Gasteiger partial charge in [0, 0.05) is 17.8 Å². The Labute approximate surface area is 131 Å². The van der Waals surface area contributed by atoms with Gasteiger partial charge in [-0.3, -0.25) is 9.97 Å².